The third kappa shape index (κ3) is 3.06. The van der Waals surface area contributed by atoms with Crippen LogP contribution in [0.2, 0.25) is 0 Å². The summed E-state index contributed by atoms with van der Waals surface area (Å²) >= 11 is 0. The van der Waals surface area contributed by atoms with E-state index in [-0.39, 0.29) is 17.5 Å². The molecule has 4 N–H and O–H groups in total. The lowest BCUT2D eigenvalue weighted by Crippen LogP contribution is -2.32. The number of aromatic nitrogens is 2. The van der Waals surface area contributed by atoms with Crippen LogP contribution in [0.4, 0.5) is 5.82 Å². The average molecular weight is 236 g/mol. The quantitative estimate of drug-likeness (QED) is 0.713. The summed E-state index contributed by atoms with van der Waals surface area (Å²) in [5.74, 6) is 2.21. The van der Waals surface area contributed by atoms with Gasteiger partial charge in [0.2, 0.25) is 0 Å². The van der Waals surface area contributed by atoms with Crippen molar-refractivity contribution in [3.05, 3.63) is 22.2 Å². The minimum Gasteiger partial charge on any atom is -0.366 e. The van der Waals surface area contributed by atoms with Crippen LogP contribution in [0.25, 0.3) is 0 Å². The first-order valence-electron chi connectivity index (χ1n) is 6.18. The lowest BCUT2D eigenvalue weighted by molar-refractivity contribution is 0.639. The van der Waals surface area contributed by atoms with E-state index < -0.39 is 0 Å². The molecule has 1 aliphatic carbocycles. The fraction of sp³-hybridized carbons (Fsp3) is 0.667. The summed E-state index contributed by atoms with van der Waals surface area (Å²) in [4.78, 5) is 18.7. The third-order valence-electron chi connectivity index (χ3n) is 3.09. The molecule has 0 saturated heterocycles. The van der Waals surface area contributed by atoms with Gasteiger partial charge in [-0.2, -0.15) is 0 Å². The summed E-state index contributed by atoms with van der Waals surface area (Å²) in [6.07, 6.45) is 2.43. The van der Waals surface area contributed by atoms with Gasteiger partial charge in [-0.3, -0.25) is 4.79 Å². The molecular formula is C12H20N4O. The second kappa shape index (κ2) is 4.87. The molecule has 0 radical (unpaired) electrons. The Hall–Kier alpha value is -1.36. The van der Waals surface area contributed by atoms with Crippen molar-refractivity contribution in [1.29, 1.82) is 0 Å². The van der Waals surface area contributed by atoms with Crippen molar-refractivity contribution >= 4 is 5.82 Å². The van der Waals surface area contributed by atoms with Crippen molar-refractivity contribution in [2.45, 2.75) is 38.6 Å². The molecule has 5 heteroatoms. The molecule has 0 aliphatic heterocycles. The number of nitrogens with one attached hydrogen (secondary N) is 2. The maximum Gasteiger partial charge on any atom is 0.252 e. The summed E-state index contributed by atoms with van der Waals surface area (Å²) in [6, 6.07) is 1.74. The van der Waals surface area contributed by atoms with Crippen LogP contribution in [0.5, 0.6) is 0 Å². The Morgan fingerprint density at radius 1 is 1.59 bits per heavy atom. The van der Waals surface area contributed by atoms with Gasteiger partial charge in [0.15, 0.2) is 0 Å². The Kier molecular flexibility index (Phi) is 3.47. The number of anilines is 1. The first kappa shape index (κ1) is 12.1. The molecule has 1 atom stereocenters. The van der Waals surface area contributed by atoms with Gasteiger partial charge < -0.3 is 16.0 Å². The highest BCUT2D eigenvalue weighted by Crippen LogP contribution is 2.33. The standard InChI is InChI=1S/C12H20N4O/c1-7(2)12-15-10(5-11(17)16-12)14-9(6-13)8-3-4-8/h5,7-9H,3-4,6,13H2,1-2H3,(H2,14,15,16,17). The summed E-state index contributed by atoms with van der Waals surface area (Å²) in [5.41, 5.74) is 5.61. The predicted octanol–water partition coefficient (Wildman–Crippen LogP) is 1.04. The van der Waals surface area contributed by atoms with E-state index in [0.717, 1.165) is 0 Å². The zero-order chi connectivity index (χ0) is 12.4. The number of nitrogens with two attached hydrogens (primary N) is 1. The number of hydrogen-bond donors (Lipinski definition) is 3. The average Bonchev–Trinajstić information content (AvgIpc) is 3.09. The number of hydrogen-bond acceptors (Lipinski definition) is 4. The lowest BCUT2D eigenvalue weighted by atomic mass is 10.2. The Morgan fingerprint density at radius 3 is 2.82 bits per heavy atom. The normalized spacial score (nSPS) is 17.2. The SMILES string of the molecule is CC(C)c1nc(NC(CN)C2CC2)cc(=O)[nH]1. The van der Waals surface area contributed by atoms with Crippen LogP contribution in [-0.4, -0.2) is 22.6 Å². The van der Waals surface area contributed by atoms with Gasteiger partial charge in [-0.25, -0.2) is 4.98 Å². The van der Waals surface area contributed by atoms with E-state index >= 15 is 0 Å². The molecule has 0 aromatic carbocycles. The highest BCUT2D eigenvalue weighted by molar-refractivity contribution is 5.35. The maximum absolute atomic E-state index is 11.5. The van der Waals surface area contributed by atoms with Crippen molar-refractivity contribution in [3.8, 4) is 0 Å². The van der Waals surface area contributed by atoms with E-state index in [2.05, 4.69) is 15.3 Å². The number of aromatic amines is 1. The molecule has 1 aromatic rings. The van der Waals surface area contributed by atoms with Gasteiger partial charge >= 0.3 is 0 Å². The molecular weight excluding hydrogens is 216 g/mol. The molecule has 1 saturated carbocycles. The molecule has 1 fully saturated rings. The van der Waals surface area contributed by atoms with Crippen LogP contribution in [-0.2, 0) is 0 Å². The minimum atomic E-state index is -0.113. The zero-order valence-corrected chi connectivity index (χ0v) is 10.4. The number of nitrogens with zero attached hydrogens (tertiary/aromatic N) is 1. The van der Waals surface area contributed by atoms with Gasteiger partial charge in [-0.05, 0) is 18.8 Å². The van der Waals surface area contributed by atoms with Crippen molar-refractivity contribution in [2.75, 3.05) is 11.9 Å². The molecule has 1 aromatic heterocycles. The summed E-state index contributed by atoms with van der Waals surface area (Å²) < 4.78 is 0. The van der Waals surface area contributed by atoms with E-state index in [4.69, 9.17) is 5.73 Å². The lowest BCUT2D eigenvalue weighted by Gasteiger charge is -2.17. The first-order chi connectivity index (χ1) is 8.10. The van der Waals surface area contributed by atoms with Gasteiger partial charge in [-0.15, -0.1) is 0 Å². The van der Waals surface area contributed by atoms with Crippen LogP contribution in [0.3, 0.4) is 0 Å². The first-order valence-corrected chi connectivity index (χ1v) is 6.18. The molecule has 0 amide bonds. The van der Waals surface area contributed by atoms with E-state index in [9.17, 15) is 4.79 Å². The number of rotatable bonds is 5. The number of H-pyrrole nitrogens is 1. The largest absolute Gasteiger partial charge is 0.366 e. The Bertz CT molecular complexity index is 436. The highest BCUT2D eigenvalue weighted by atomic mass is 16.1. The highest BCUT2D eigenvalue weighted by Gasteiger charge is 2.30. The van der Waals surface area contributed by atoms with Crippen LogP contribution in [0.15, 0.2) is 10.9 Å². The fourth-order valence-corrected chi connectivity index (χ4v) is 1.88. The Morgan fingerprint density at radius 2 is 2.29 bits per heavy atom. The summed E-state index contributed by atoms with van der Waals surface area (Å²) in [7, 11) is 0. The molecule has 5 nitrogen and oxygen atoms in total. The van der Waals surface area contributed by atoms with Crippen LogP contribution in [0, 0.1) is 5.92 Å². The zero-order valence-electron chi connectivity index (χ0n) is 10.4. The van der Waals surface area contributed by atoms with Crippen LogP contribution >= 0.6 is 0 Å². The smallest absolute Gasteiger partial charge is 0.252 e. The molecule has 0 spiro atoms. The van der Waals surface area contributed by atoms with E-state index in [1.807, 2.05) is 13.8 Å². The van der Waals surface area contributed by atoms with Crippen molar-refractivity contribution < 1.29 is 0 Å². The molecule has 94 valence electrons. The van der Waals surface area contributed by atoms with Gasteiger partial charge in [0.1, 0.15) is 11.6 Å². The predicted molar refractivity (Wildman–Crippen MR) is 68.1 cm³/mol. The second-order valence-electron chi connectivity index (χ2n) is 4.99. The summed E-state index contributed by atoms with van der Waals surface area (Å²) in [6.45, 7) is 4.59. The van der Waals surface area contributed by atoms with E-state index in [0.29, 0.717) is 24.1 Å². The molecule has 0 bridgehead atoms. The minimum absolute atomic E-state index is 0.113. The molecule has 1 aliphatic rings. The van der Waals surface area contributed by atoms with Crippen LogP contribution < -0.4 is 16.6 Å². The monoisotopic (exact) mass is 236 g/mol. The molecule has 1 unspecified atom stereocenters. The third-order valence-corrected chi connectivity index (χ3v) is 3.09. The van der Waals surface area contributed by atoms with Crippen molar-refractivity contribution in [1.82, 2.24) is 9.97 Å². The molecule has 17 heavy (non-hydrogen) atoms. The summed E-state index contributed by atoms with van der Waals surface area (Å²) in [5, 5.41) is 3.27. The van der Waals surface area contributed by atoms with Crippen molar-refractivity contribution in [3.63, 3.8) is 0 Å². The fourth-order valence-electron chi connectivity index (χ4n) is 1.88. The second-order valence-corrected chi connectivity index (χ2v) is 4.99. The van der Waals surface area contributed by atoms with Gasteiger partial charge in [0.05, 0.1) is 0 Å². The van der Waals surface area contributed by atoms with Gasteiger partial charge in [-0.1, -0.05) is 13.8 Å². The van der Waals surface area contributed by atoms with Gasteiger partial charge in [0, 0.05) is 24.6 Å². The molecule has 1 heterocycles. The molecule has 2 rings (SSSR count). The topological polar surface area (TPSA) is 83.8 Å². The van der Waals surface area contributed by atoms with Crippen LogP contribution in [0.1, 0.15) is 38.4 Å². The van der Waals surface area contributed by atoms with Gasteiger partial charge in [0.25, 0.3) is 5.56 Å². The Labute approximate surface area is 101 Å². The Balaban J connectivity index is 2.16. The van der Waals surface area contributed by atoms with Crippen molar-refractivity contribution in [2.24, 2.45) is 11.7 Å². The maximum atomic E-state index is 11.5. The van der Waals surface area contributed by atoms with E-state index in [1.54, 1.807) is 0 Å². The van der Waals surface area contributed by atoms with E-state index in [1.165, 1.54) is 18.9 Å².